The summed E-state index contributed by atoms with van der Waals surface area (Å²) < 4.78 is 31.6. The van der Waals surface area contributed by atoms with E-state index < -0.39 is 11.9 Å². The van der Waals surface area contributed by atoms with Crippen LogP contribution < -0.4 is 4.90 Å². The van der Waals surface area contributed by atoms with E-state index in [-0.39, 0.29) is 12.8 Å². The maximum atomic E-state index is 13.1. The third-order valence-electron chi connectivity index (χ3n) is 3.20. The lowest BCUT2D eigenvalue weighted by atomic mass is 10.1. The Labute approximate surface area is 118 Å². The van der Waals surface area contributed by atoms with E-state index in [1.165, 1.54) is 7.11 Å². The SMILES string of the molecule is COC(=O)c1ccc(N2CCC(F)(F)CC2)c(Br)c1. The van der Waals surface area contributed by atoms with Crippen molar-refractivity contribution in [2.75, 3.05) is 25.1 Å². The molecule has 3 nitrogen and oxygen atoms in total. The molecule has 0 radical (unpaired) electrons. The van der Waals surface area contributed by atoms with E-state index in [1.54, 1.807) is 18.2 Å². The van der Waals surface area contributed by atoms with E-state index in [4.69, 9.17) is 0 Å². The van der Waals surface area contributed by atoms with Gasteiger partial charge in [-0.2, -0.15) is 0 Å². The Bertz CT molecular complexity index is 484. The highest BCUT2D eigenvalue weighted by Crippen LogP contribution is 2.34. The number of nitrogens with zero attached hydrogens (tertiary/aromatic N) is 1. The first kappa shape index (κ1) is 14.2. The zero-order valence-electron chi connectivity index (χ0n) is 10.5. The fraction of sp³-hybridized carbons (Fsp3) is 0.462. The number of anilines is 1. The van der Waals surface area contributed by atoms with Gasteiger partial charge in [-0.15, -0.1) is 0 Å². The average molecular weight is 334 g/mol. The van der Waals surface area contributed by atoms with Crippen LogP contribution in [0.3, 0.4) is 0 Å². The van der Waals surface area contributed by atoms with Gasteiger partial charge in [0.15, 0.2) is 0 Å². The van der Waals surface area contributed by atoms with E-state index in [1.807, 2.05) is 4.90 Å². The van der Waals surface area contributed by atoms with E-state index in [0.717, 1.165) is 5.69 Å². The summed E-state index contributed by atoms with van der Waals surface area (Å²) in [6.07, 6.45) is -0.281. The number of halogens is 3. The van der Waals surface area contributed by atoms with Gasteiger partial charge < -0.3 is 9.64 Å². The molecule has 0 N–H and O–H groups in total. The summed E-state index contributed by atoms with van der Waals surface area (Å²) in [6, 6.07) is 5.03. The zero-order chi connectivity index (χ0) is 14.0. The first-order chi connectivity index (χ1) is 8.93. The highest BCUT2D eigenvalue weighted by molar-refractivity contribution is 9.10. The van der Waals surface area contributed by atoms with Gasteiger partial charge in [0.25, 0.3) is 5.92 Å². The lowest BCUT2D eigenvalue weighted by molar-refractivity contribution is -0.0220. The summed E-state index contributed by atoms with van der Waals surface area (Å²) >= 11 is 3.37. The molecule has 1 aromatic carbocycles. The van der Waals surface area contributed by atoms with E-state index in [0.29, 0.717) is 23.1 Å². The number of piperidine rings is 1. The Kier molecular flexibility index (Phi) is 4.08. The van der Waals surface area contributed by atoms with Crippen LogP contribution in [0.5, 0.6) is 0 Å². The number of benzene rings is 1. The minimum Gasteiger partial charge on any atom is -0.465 e. The van der Waals surface area contributed by atoms with E-state index in [2.05, 4.69) is 20.7 Å². The molecule has 1 aliphatic rings. The van der Waals surface area contributed by atoms with Crippen molar-refractivity contribution in [3.8, 4) is 0 Å². The third kappa shape index (κ3) is 3.23. The largest absolute Gasteiger partial charge is 0.465 e. The molecule has 0 atom stereocenters. The van der Waals surface area contributed by atoms with Crippen molar-refractivity contribution in [1.29, 1.82) is 0 Å². The standard InChI is InChI=1S/C13H14BrF2NO2/c1-19-12(18)9-2-3-11(10(14)8-9)17-6-4-13(15,16)5-7-17/h2-3,8H,4-7H2,1H3. The summed E-state index contributed by atoms with van der Waals surface area (Å²) in [4.78, 5) is 13.3. The molecule has 1 saturated heterocycles. The van der Waals surface area contributed by atoms with Gasteiger partial charge in [-0.25, -0.2) is 13.6 Å². The maximum absolute atomic E-state index is 13.1. The smallest absolute Gasteiger partial charge is 0.337 e. The summed E-state index contributed by atoms with van der Waals surface area (Å²) in [5, 5.41) is 0. The van der Waals surface area contributed by atoms with Crippen molar-refractivity contribution in [3.05, 3.63) is 28.2 Å². The molecule has 19 heavy (non-hydrogen) atoms. The number of hydrogen-bond donors (Lipinski definition) is 0. The quantitative estimate of drug-likeness (QED) is 0.776. The maximum Gasteiger partial charge on any atom is 0.337 e. The van der Waals surface area contributed by atoms with Gasteiger partial charge in [-0.05, 0) is 34.1 Å². The predicted octanol–water partition coefficient (Wildman–Crippen LogP) is 3.47. The van der Waals surface area contributed by atoms with Crippen LogP contribution in [0.25, 0.3) is 0 Å². The molecule has 1 aromatic rings. The summed E-state index contributed by atoms with van der Waals surface area (Å²) in [5.74, 6) is -2.98. The Balaban J connectivity index is 2.16. The number of carbonyl (C=O) groups excluding carboxylic acids is 1. The van der Waals surface area contributed by atoms with Crippen LogP contribution >= 0.6 is 15.9 Å². The van der Waals surface area contributed by atoms with Gasteiger partial charge in [0.05, 0.1) is 18.4 Å². The van der Waals surface area contributed by atoms with Gasteiger partial charge in [0.1, 0.15) is 0 Å². The Morgan fingerprint density at radius 1 is 1.37 bits per heavy atom. The monoisotopic (exact) mass is 333 g/mol. The highest BCUT2D eigenvalue weighted by atomic mass is 79.9. The molecule has 2 rings (SSSR count). The normalized spacial score (nSPS) is 18.2. The molecule has 0 saturated carbocycles. The van der Waals surface area contributed by atoms with E-state index >= 15 is 0 Å². The number of methoxy groups -OCH3 is 1. The van der Waals surface area contributed by atoms with E-state index in [9.17, 15) is 13.6 Å². The fourth-order valence-corrected chi connectivity index (χ4v) is 2.71. The van der Waals surface area contributed by atoms with Gasteiger partial charge in [0.2, 0.25) is 0 Å². The summed E-state index contributed by atoms with van der Waals surface area (Å²) in [5.41, 5.74) is 1.25. The second-order valence-electron chi connectivity index (χ2n) is 4.50. The number of ether oxygens (including phenoxy) is 1. The van der Waals surface area contributed by atoms with Gasteiger partial charge in [-0.3, -0.25) is 0 Å². The number of rotatable bonds is 2. The van der Waals surface area contributed by atoms with Crippen molar-refractivity contribution in [3.63, 3.8) is 0 Å². The molecule has 0 unspecified atom stereocenters. The van der Waals surface area contributed by atoms with Crippen molar-refractivity contribution in [2.24, 2.45) is 0 Å². The van der Waals surface area contributed by atoms with Crippen molar-refractivity contribution in [1.82, 2.24) is 0 Å². The number of hydrogen-bond acceptors (Lipinski definition) is 3. The van der Waals surface area contributed by atoms with Gasteiger partial charge in [-0.1, -0.05) is 0 Å². The van der Waals surface area contributed by atoms with Gasteiger partial charge in [0, 0.05) is 30.4 Å². The first-order valence-corrected chi connectivity index (χ1v) is 6.73. The van der Waals surface area contributed by atoms with Crippen LogP contribution in [0.4, 0.5) is 14.5 Å². The lowest BCUT2D eigenvalue weighted by Crippen LogP contribution is -2.39. The van der Waals surface area contributed by atoms with Crippen molar-refractivity contribution in [2.45, 2.75) is 18.8 Å². The molecular weight excluding hydrogens is 320 g/mol. The van der Waals surface area contributed by atoms with Crippen molar-refractivity contribution < 1.29 is 18.3 Å². The number of carbonyl (C=O) groups is 1. The Morgan fingerprint density at radius 3 is 2.53 bits per heavy atom. The second kappa shape index (κ2) is 5.45. The van der Waals surface area contributed by atoms with Crippen LogP contribution in [-0.2, 0) is 4.74 Å². The molecule has 0 amide bonds. The molecule has 6 heteroatoms. The third-order valence-corrected chi connectivity index (χ3v) is 3.84. The van der Waals surface area contributed by atoms with Crippen LogP contribution in [0.2, 0.25) is 0 Å². The molecule has 0 bridgehead atoms. The molecule has 1 fully saturated rings. The van der Waals surface area contributed by atoms with Crippen LogP contribution in [0.1, 0.15) is 23.2 Å². The molecule has 0 aliphatic carbocycles. The minimum absolute atomic E-state index is 0.141. The van der Waals surface area contributed by atoms with Crippen LogP contribution in [0.15, 0.2) is 22.7 Å². The number of alkyl halides is 2. The lowest BCUT2D eigenvalue weighted by Gasteiger charge is -2.34. The topological polar surface area (TPSA) is 29.5 Å². The first-order valence-electron chi connectivity index (χ1n) is 5.93. The fourth-order valence-electron chi connectivity index (χ4n) is 2.08. The molecule has 1 aliphatic heterocycles. The van der Waals surface area contributed by atoms with Gasteiger partial charge >= 0.3 is 5.97 Å². The van der Waals surface area contributed by atoms with Crippen molar-refractivity contribution >= 4 is 27.6 Å². The number of esters is 1. The second-order valence-corrected chi connectivity index (χ2v) is 5.36. The van der Waals surface area contributed by atoms with Crippen LogP contribution in [-0.4, -0.2) is 32.1 Å². The van der Waals surface area contributed by atoms with Crippen LogP contribution in [0, 0.1) is 0 Å². The Morgan fingerprint density at radius 2 is 2.00 bits per heavy atom. The predicted molar refractivity (Wildman–Crippen MR) is 71.9 cm³/mol. The average Bonchev–Trinajstić information content (AvgIpc) is 2.38. The Hall–Kier alpha value is -1.17. The minimum atomic E-state index is -2.56. The molecule has 1 heterocycles. The summed E-state index contributed by atoms with van der Waals surface area (Å²) in [7, 11) is 1.32. The molecule has 0 spiro atoms. The molecule has 104 valence electrons. The molecule has 0 aromatic heterocycles. The molecular formula is C13H14BrF2NO2. The zero-order valence-corrected chi connectivity index (χ0v) is 12.0. The summed E-state index contributed by atoms with van der Waals surface area (Å²) in [6.45, 7) is 0.617. The highest BCUT2D eigenvalue weighted by Gasteiger charge is 2.34.